The topological polar surface area (TPSA) is 38.5 Å². The molecule has 0 fully saturated rings. The molecule has 0 heterocycles. The van der Waals surface area contributed by atoms with Crippen molar-refractivity contribution in [1.29, 1.82) is 0 Å². The summed E-state index contributed by atoms with van der Waals surface area (Å²) in [6, 6.07) is 5.25. The number of hydrogen-bond acceptors (Lipinski definition) is 3. The molecule has 5 heteroatoms. The van der Waals surface area contributed by atoms with Crippen molar-refractivity contribution in [2.24, 2.45) is 5.73 Å². The molecule has 2 N–H and O–H groups in total. The summed E-state index contributed by atoms with van der Waals surface area (Å²) in [4.78, 5) is 2.16. The third-order valence-electron chi connectivity index (χ3n) is 3.16. The van der Waals surface area contributed by atoms with Crippen LogP contribution in [0.5, 0.6) is 0 Å². The molecule has 0 amide bonds. The van der Waals surface area contributed by atoms with Gasteiger partial charge in [-0.3, -0.25) is 4.90 Å². The van der Waals surface area contributed by atoms with Crippen molar-refractivity contribution in [3.05, 3.63) is 34.1 Å². The van der Waals surface area contributed by atoms with Crippen LogP contribution < -0.4 is 5.73 Å². The number of nitrogens with zero attached hydrogens (tertiary/aromatic N) is 1. The van der Waals surface area contributed by atoms with Gasteiger partial charge in [-0.1, -0.05) is 22.0 Å². The van der Waals surface area contributed by atoms with E-state index in [1.54, 1.807) is 13.2 Å². The van der Waals surface area contributed by atoms with Crippen LogP contribution in [-0.2, 0) is 4.74 Å². The predicted molar refractivity (Wildman–Crippen MR) is 79.6 cm³/mol. The Balaban J connectivity index is 3.01. The zero-order valence-corrected chi connectivity index (χ0v) is 13.3. The second kappa shape index (κ2) is 7.94. The predicted octanol–water partition coefficient (Wildman–Crippen LogP) is 2.94. The van der Waals surface area contributed by atoms with Gasteiger partial charge in [0.1, 0.15) is 5.82 Å². The molecule has 0 aliphatic carbocycles. The number of nitrogens with two attached hydrogens (primary N) is 1. The lowest BCUT2D eigenvalue weighted by Crippen LogP contribution is -2.41. The van der Waals surface area contributed by atoms with Gasteiger partial charge in [0.15, 0.2) is 0 Å². The third kappa shape index (κ3) is 4.53. The first-order valence-corrected chi connectivity index (χ1v) is 7.20. The third-order valence-corrected chi connectivity index (χ3v) is 3.66. The van der Waals surface area contributed by atoms with Crippen molar-refractivity contribution in [2.45, 2.75) is 25.9 Å². The minimum Gasteiger partial charge on any atom is -0.383 e. The number of benzene rings is 1. The van der Waals surface area contributed by atoms with E-state index in [1.165, 1.54) is 6.07 Å². The standard InChI is InChI=1S/C14H22BrFN2O/c1-10(2)18(6-7-19-3)14(9-17)12-5-4-11(15)8-13(12)16/h4-5,8,10,14H,6-7,9,17H2,1-3H3. The first-order chi connectivity index (χ1) is 9.01. The maximum Gasteiger partial charge on any atom is 0.129 e. The van der Waals surface area contributed by atoms with Gasteiger partial charge in [0, 0.05) is 36.3 Å². The Morgan fingerprint density at radius 1 is 1.42 bits per heavy atom. The number of rotatable bonds is 7. The van der Waals surface area contributed by atoms with Crippen molar-refractivity contribution in [3.63, 3.8) is 0 Å². The van der Waals surface area contributed by atoms with Crippen LogP contribution >= 0.6 is 15.9 Å². The molecule has 19 heavy (non-hydrogen) atoms. The molecule has 1 aromatic rings. The fourth-order valence-electron chi connectivity index (χ4n) is 2.18. The summed E-state index contributed by atoms with van der Waals surface area (Å²) in [5, 5.41) is 0. The lowest BCUT2D eigenvalue weighted by molar-refractivity contribution is 0.0965. The van der Waals surface area contributed by atoms with Crippen molar-refractivity contribution in [1.82, 2.24) is 4.90 Å². The first-order valence-electron chi connectivity index (χ1n) is 6.41. The summed E-state index contributed by atoms with van der Waals surface area (Å²) < 4.78 is 19.9. The molecule has 3 nitrogen and oxygen atoms in total. The van der Waals surface area contributed by atoms with E-state index in [0.29, 0.717) is 18.7 Å². The highest BCUT2D eigenvalue weighted by Crippen LogP contribution is 2.26. The van der Waals surface area contributed by atoms with E-state index in [0.717, 1.165) is 11.0 Å². The zero-order valence-electron chi connectivity index (χ0n) is 11.7. The van der Waals surface area contributed by atoms with Crippen LogP contribution in [-0.4, -0.2) is 37.7 Å². The van der Waals surface area contributed by atoms with Crippen LogP contribution in [0.2, 0.25) is 0 Å². The van der Waals surface area contributed by atoms with E-state index in [1.807, 2.05) is 6.07 Å². The molecule has 0 saturated heterocycles. The molecule has 0 saturated carbocycles. The molecule has 0 aromatic heterocycles. The molecular formula is C14H22BrFN2O. The molecule has 0 aliphatic rings. The summed E-state index contributed by atoms with van der Waals surface area (Å²) in [6.07, 6.45) is 0. The van der Waals surface area contributed by atoms with Crippen LogP contribution in [0.15, 0.2) is 22.7 Å². The Bertz CT molecular complexity index is 401. The van der Waals surface area contributed by atoms with E-state index >= 15 is 0 Å². The van der Waals surface area contributed by atoms with Gasteiger partial charge in [-0.25, -0.2) is 4.39 Å². The van der Waals surface area contributed by atoms with E-state index in [2.05, 4.69) is 34.7 Å². The van der Waals surface area contributed by atoms with Gasteiger partial charge in [0.05, 0.1) is 12.6 Å². The zero-order chi connectivity index (χ0) is 14.4. The van der Waals surface area contributed by atoms with Crippen molar-refractivity contribution in [2.75, 3.05) is 26.8 Å². The number of hydrogen-bond donors (Lipinski definition) is 1. The first kappa shape index (κ1) is 16.6. The van der Waals surface area contributed by atoms with Crippen LogP contribution in [0, 0.1) is 5.82 Å². The minimum atomic E-state index is -0.229. The van der Waals surface area contributed by atoms with Crippen LogP contribution in [0.25, 0.3) is 0 Å². The van der Waals surface area contributed by atoms with Gasteiger partial charge in [-0.05, 0) is 26.0 Å². The second-order valence-corrected chi connectivity index (χ2v) is 5.66. The van der Waals surface area contributed by atoms with Crippen LogP contribution in [0.4, 0.5) is 4.39 Å². The summed E-state index contributed by atoms with van der Waals surface area (Å²) in [5.41, 5.74) is 6.50. The average molecular weight is 333 g/mol. The fraction of sp³-hybridized carbons (Fsp3) is 0.571. The highest BCUT2D eigenvalue weighted by atomic mass is 79.9. The quantitative estimate of drug-likeness (QED) is 0.834. The Labute approximate surface area is 123 Å². The molecule has 108 valence electrons. The molecule has 1 rings (SSSR count). The Morgan fingerprint density at radius 2 is 2.11 bits per heavy atom. The van der Waals surface area contributed by atoms with Crippen LogP contribution in [0.3, 0.4) is 0 Å². The van der Waals surface area contributed by atoms with E-state index in [9.17, 15) is 4.39 Å². The molecule has 0 radical (unpaired) electrons. The van der Waals surface area contributed by atoms with Crippen molar-refractivity contribution in [3.8, 4) is 0 Å². The SMILES string of the molecule is COCCN(C(C)C)C(CN)c1ccc(Br)cc1F. The van der Waals surface area contributed by atoms with Gasteiger partial charge < -0.3 is 10.5 Å². The van der Waals surface area contributed by atoms with Gasteiger partial charge in [0.25, 0.3) is 0 Å². The van der Waals surface area contributed by atoms with Gasteiger partial charge >= 0.3 is 0 Å². The highest BCUT2D eigenvalue weighted by molar-refractivity contribution is 9.10. The van der Waals surface area contributed by atoms with Gasteiger partial charge in [-0.15, -0.1) is 0 Å². The molecule has 1 atom stereocenters. The maximum absolute atomic E-state index is 14.1. The lowest BCUT2D eigenvalue weighted by Gasteiger charge is -2.34. The summed E-state index contributed by atoms with van der Waals surface area (Å²) in [5.74, 6) is -0.229. The molecular weight excluding hydrogens is 311 g/mol. The monoisotopic (exact) mass is 332 g/mol. The highest BCUT2D eigenvalue weighted by Gasteiger charge is 2.24. The van der Waals surface area contributed by atoms with Gasteiger partial charge in [0.2, 0.25) is 0 Å². The number of ether oxygens (including phenoxy) is 1. The minimum absolute atomic E-state index is 0.136. The Hall–Kier alpha value is -0.490. The summed E-state index contributed by atoms with van der Waals surface area (Å²) in [7, 11) is 1.66. The number of halogens is 2. The van der Waals surface area contributed by atoms with E-state index in [4.69, 9.17) is 10.5 Å². The molecule has 0 spiro atoms. The van der Waals surface area contributed by atoms with E-state index in [-0.39, 0.29) is 17.9 Å². The Morgan fingerprint density at radius 3 is 2.58 bits per heavy atom. The number of methoxy groups -OCH3 is 1. The average Bonchev–Trinajstić information content (AvgIpc) is 2.35. The summed E-state index contributed by atoms with van der Waals surface area (Å²) >= 11 is 3.27. The second-order valence-electron chi connectivity index (χ2n) is 4.74. The lowest BCUT2D eigenvalue weighted by atomic mass is 10.0. The van der Waals surface area contributed by atoms with E-state index < -0.39 is 0 Å². The largest absolute Gasteiger partial charge is 0.383 e. The smallest absolute Gasteiger partial charge is 0.129 e. The molecule has 1 aromatic carbocycles. The fourth-order valence-corrected chi connectivity index (χ4v) is 2.52. The molecule has 0 aliphatic heterocycles. The normalized spacial score (nSPS) is 13.3. The van der Waals surface area contributed by atoms with Crippen molar-refractivity contribution >= 4 is 15.9 Å². The molecule has 1 unspecified atom stereocenters. The van der Waals surface area contributed by atoms with Crippen LogP contribution in [0.1, 0.15) is 25.5 Å². The maximum atomic E-state index is 14.1. The Kier molecular flexibility index (Phi) is 6.93. The van der Waals surface area contributed by atoms with Gasteiger partial charge in [-0.2, -0.15) is 0 Å². The van der Waals surface area contributed by atoms with Crippen molar-refractivity contribution < 1.29 is 9.13 Å². The summed E-state index contributed by atoms with van der Waals surface area (Å²) in [6.45, 7) is 5.86. The molecule has 0 bridgehead atoms.